The summed E-state index contributed by atoms with van der Waals surface area (Å²) in [6, 6.07) is 12.8. The summed E-state index contributed by atoms with van der Waals surface area (Å²) in [7, 11) is -3.58. The lowest BCUT2D eigenvalue weighted by molar-refractivity contribution is 0.0940. The molecule has 2 aromatic carbocycles. The molecule has 0 saturated carbocycles. The quantitative estimate of drug-likeness (QED) is 0.747. The summed E-state index contributed by atoms with van der Waals surface area (Å²) < 4.78 is 27.1. The van der Waals surface area contributed by atoms with E-state index in [2.05, 4.69) is 10.0 Å². The van der Waals surface area contributed by atoms with Crippen molar-refractivity contribution in [3.05, 3.63) is 64.7 Å². The van der Waals surface area contributed by atoms with Crippen LogP contribution in [0.3, 0.4) is 0 Å². The fourth-order valence-corrected chi connectivity index (χ4v) is 3.87. The number of amides is 1. The summed E-state index contributed by atoms with van der Waals surface area (Å²) in [5, 5.41) is 3.48. The molecule has 2 N–H and O–H groups in total. The summed E-state index contributed by atoms with van der Waals surface area (Å²) in [6.07, 6.45) is 0.696. The molecule has 0 bridgehead atoms. The van der Waals surface area contributed by atoms with Crippen LogP contribution in [0, 0.1) is 0 Å². The maximum absolute atomic E-state index is 12.4. The first-order chi connectivity index (χ1) is 12.2. The topological polar surface area (TPSA) is 75.3 Å². The van der Waals surface area contributed by atoms with Gasteiger partial charge in [0.25, 0.3) is 5.91 Å². The molecule has 2 unspecified atom stereocenters. The number of nitrogens with one attached hydrogen (secondary N) is 2. The molecule has 0 radical (unpaired) electrons. The van der Waals surface area contributed by atoms with Gasteiger partial charge in [-0.25, -0.2) is 13.1 Å². The van der Waals surface area contributed by atoms with Crippen LogP contribution in [0.1, 0.15) is 49.2 Å². The largest absolute Gasteiger partial charge is 0.346 e. The molecule has 0 saturated heterocycles. The standard InChI is InChI=1S/C19H23ClN2O3S/c1-4-13(2)22-26(24,25)18-10-8-15(9-11-18)19(23)21-14(3)16-6-5-7-17(20)12-16/h5-14,22H,4H2,1-3H3,(H,21,23). The van der Waals surface area contributed by atoms with E-state index in [0.717, 1.165) is 5.56 Å². The Morgan fingerprint density at radius 1 is 1.12 bits per heavy atom. The van der Waals surface area contributed by atoms with E-state index in [1.807, 2.05) is 26.0 Å². The molecule has 26 heavy (non-hydrogen) atoms. The van der Waals surface area contributed by atoms with Gasteiger partial charge >= 0.3 is 0 Å². The predicted molar refractivity (Wildman–Crippen MR) is 104 cm³/mol. The molecule has 2 aromatic rings. The maximum atomic E-state index is 12.4. The van der Waals surface area contributed by atoms with Crippen LogP contribution < -0.4 is 10.0 Å². The number of benzene rings is 2. The fraction of sp³-hybridized carbons (Fsp3) is 0.316. The van der Waals surface area contributed by atoms with E-state index in [4.69, 9.17) is 11.6 Å². The van der Waals surface area contributed by atoms with Crippen LogP contribution >= 0.6 is 11.6 Å². The van der Waals surface area contributed by atoms with E-state index in [1.54, 1.807) is 19.1 Å². The number of halogens is 1. The molecule has 1 amide bonds. The SMILES string of the molecule is CCC(C)NS(=O)(=O)c1ccc(C(=O)NC(C)c2cccc(Cl)c2)cc1. The van der Waals surface area contributed by atoms with Crippen LogP contribution in [0.25, 0.3) is 0 Å². The summed E-state index contributed by atoms with van der Waals surface area (Å²) in [6.45, 7) is 5.57. The zero-order chi connectivity index (χ0) is 19.3. The van der Waals surface area contributed by atoms with Crippen molar-refractivity contribution in [1.82, 2.24) is 10.0 Å². The zero-order valence-electron chi connectivity index (χ0n) is 15.0. The molecule has 0 aliphatic rings. The third-order valence-electron chi connectivity index (χ3n) is 4.09. The van der Waals surface area contributed by atoms with Gasteiger partial charge in [0.1, 0.15) is 0 Å². The minimum Gasteiger partial charge on any atom is -0.346 e. The third kappa shape index (κ3) is 5.30. The molecule has 0 spiro atoms. The highest BCUT2D eigenvalue weighted by Gasteiger charge is 2.18. The van der Waals surface area contributed by atoms with E-state index in [0.29, 0.717) is 17.0 Å². The lowest BCUT2D eigenvalue weighted by Crippen LogP contribution is -2.32. The summed E-state index contributed by atoms with van der Waals surface area (Å²) in [5.74, 6) is -0.281. The Labute approximate surface area is 159 Å². The zero-order valence-corrected chi connectivity index (χ0v) is 16.6. The van der Waals surface area contributed by atoms with Crippen molar-refractivity contribution in [2.45, 2.75) is 44.2 Å². The molecule has 2 rings (SSSR count). The van der Waals surface area contributed by atoms with Gasteiger partial charge in [-0.05, 0) is 62.2 Å². The maximum Gasteiger partial charge on any atom is 0.251 e. The van der Waals surface area contributed by atoms with Gasteiger partial charge in [-0.2, -0.15) is 0 Å². The van der Waals surface area contributed by atoms with Gasteiger partial charge < -0.3 is 5.32 Å². The highest BCUT2D eigenvalue weighted by atomic mass is 35.5. The number of rotatable bonds is 7. The number of sulfonamides is 1. The number of hydrogen-bond donors (Lipinski definition) is 2. The second-order valence-electron chi connectivity index (χ2n) is 6.21. The first kappa shape index (κ1) is 20.4. The lowest BCUT2D eigenvalue weighted by Gasteiger charge is -2.15. The van der Waals surface area contributed by atoms with Gasteiger partial charge in [0.05, 0.1) is 10.9 Å². The smallest absolute Gasteiger partial charge is 0.251 e. The molecule has 140 valence electrons. The van der Waals surface area contributed by atoms with Gasteiger partial charge in [-0.15, -0.1) is 0 Å². The Morgan fingerprint density at radius 2 is 1.77 bits per heavy atom. The van der Waals surface area contributed by atoms with Gasteiger partial charge in [0.2, 0.25) is 10.0 Å². The van der Waals surface area contributed by atoms with Crippen molar-refractivity contribution < 1.29 is 13.2 Å². The van der Waals surface area contributed by atoms with Crippen molar-refractivity contribution >= 4 is 27.5 Å². The highest BCUT2D eigenvalue weighted by Crippen LogP contribution is 2.18. The van der Waals surface area contributed by atoms with Crippen LogP contribution in [-0.4, -0.2) is 20.4 Å². The van der Waals surface area contributed by atoms with Crippen molar-refractivity contribution in [3.63, 3.8) is 0 Å². The van der Waals surface area contributed by atoms with Crippen LogP contribution in [0.4, 0.5) is 0 Å². The Bertz CT molecular complexity index is 867. The van der Waals surface area contributed by atoms with E-state index in [-0.39, 0.29) is 22.9 Å². The van der Waals surface area contributed by atoms with Crippen molar-refractivity contribution in [2.24, 2.45) is 0 Å². The number of carbonyl (C=O) groups is 1. The number of hydrogen-bond acceptors (Lipinski definition) is 3. The minimum atomic E-state index is -3.58. The minimum absolute atomic E-state index is 0.136. The normalized spacial score (nSPS) is 13.8. The number of carbonyl (C=O) groups excluding carboxylic acids is 1. The fourth-order valence-electron chi connectivity index (χ4n) is 2.34. The average Bonchev–Trinajstić information content (AvgIpc) is 2.61. The van der Waals surface area contributed by atoms with Gasteiger partial charge in [0, 0.05) is 16.6 Å². The predicted octanol–water partition coefficient (Wildman–Crippen LogP) is 3.91. The molecular formula is C19H23ClN2O3S. The summed E-state index contributed by atoms with van der Waals surface area (Å²) in [5.41, 5.74) is 1.28. The molecule has 5 nitrogen and oxygen atoms in total. The highest BCUT2D eigenvalue weighted by molar-refractivity contribution is 7.89. The van der Waals surface area contributed by atoms with Crippen LogP contribution in [0.2, 0.25) is 5.02 Å². The Hall–Kier alpha value is -1.89. The van der Waals surface area contributed by atoms with Crippen LogP contribution in [0.15, 0.2) is 53.4 Å². The van der Waals surface area contributed by atoms with E-state index >= 15 is 0 Å². The van der Waals surface area contributed by atoms with Crippen molar-refractivity contribution in [3.8, 4) is 0 Å². The van der Waals surface area contributed by atoms with Crippen LogP contribution in [-0.2, 0) is 10.0 Å². The molecule has 0 aliphatic carbocycles. The Morgan fingerprint density at radius 3 is 2.35 bits per heavy atom. The van der Waals surface area contributed by atoms with E-state index < -0.39 is 10.0 Å². The van der Waals surface area contributed by atoms with Crippen molar-refractivity contribution in [1.29, 1.82) is 0 Å². The lowest BCUT2D eigenvalue weighted by atomic mass is 10.1. The summed E-state index contributed by atoms with van der Waals surface area (Å²) >= 11 is 5.97. The Balaban J connectivity index is 2.09. The van der Waals surface area contributed by atoms with Crippen LogP contribution in [0.5, 0.6) is 0 Å². The molecule has 0 aromatic heterocycles. The molecular weight excluding hydrogens is 372 g/mol. The second-order valence-corrected chi connectivity index (χ2v) is 8.36. The monoisotopic (exact) mass is 394 g/mol. The molecule has 0 aliphatic heterocycles. The van der Waals surface area contributed by atoms with E-state index in [9.17, 15) is 13.2 Å². The third-order valence-corrected chi connectivity index (χ3v) is 5.93. The van der Waals surface area contributed by atoms with Gasteiger partial charge in [-0.3, -0.25) is 4.79 Å². The first-order valence-electron chi connectivity index (χ1n) is 8.41. The Kier molecular flexibility index (Phi) is 6.81. The first-order valence-corrected chi connectivity index (χ1v) is 10.3. The molecule has 7 heteroatoms. The second kappa shape index (κ2) is 8.66. The van der Waals surface area contributed by atoms with Gasteiger partial charge in [0.15, 0.2) is 0 Å². The molecule has 0 heterocycles. The average molecular weight is 395 g/mol. The molecule has 0 fully saturated rings. The molecule has 2 atom stereocenters. The summed E-state index contributed by atoms with van der Waals surface area (Å²) in [4.78, 5) is 12.5. The van der Waals surface area contributed by atoms with E-state index in [1.165, 1.54) is 24.3 Å². The van der Waals surface area contributed by atoms with Crippen molar-refractivity contribution in [2.75, 3.05) is 0 Å². The van der Waals surface area contributed by atoms with Gasteiger partial charge in [-0.1, -0.05) is 30.7 Å².